The van der Waals surface area contributed by atoms with Gasteiger partial charge < -0.3 is 19.3 Å². The van der Waals surface area contributed by atoms with Gasteiger partial charge >= 0.3 is 0 Å². The number of nitrogens with zero attached hydrogens (tertiary/aromatic N) is 2. The molecule has 1 aromatic carbocycles. The maximum absolute atomic E-state index is 12.5. The summed E-state index contributed by atoms with van der Waals surface area (Å²) in [4.78, 5) is 27.6. The van der Waals surface area contributed by atoms with Crippen LogP contribution in [0.15, 0.2) is 24.3 Å². The molecule has 1 saturated heterocycles. The highest BCUT2D eigenvalue weighted by Gasteiger charge is 2.34. The molecule has 2 rings (SSSR count). The Kier molecular flexibility index (Phi) is 4.80. The van der Waals surface area contributed by atoms with Crippen LogP contribution in [0.25, 0.3) is 0 Å². The highest BCUT2D eigenvalue weighted by Crippen LogP contribution is 2.23. The lowest BCUT2D eigenvalue weighted by molar-refractivity contribution is -0.143. The SMILES string of the molecule is COCC(=O)N1CCN(c2ccc(OC)cc2)C(=O)C1C. The quantitative estimate of drug-likeness (QED) is 0.827. The third kappa shape index (κ3) is 3.16. The molecule has 6 heteroatoms. The molecule has 0 spiro atoms. The van der Waals surface area contributed by atoms with E-state index >= 15 is 0 Å². The van der Waals surface area contributed by atoms with E-state index in [1.807, 2.05) is 24.3 Å². The molecule has 6 nitrogen and oxygen atoms in total. The first-order valence-electron chi connectivity index (χ1n) is 6.82. The summed E-state index contributed by atoms with van der Waals surface area (Å²) in [7, 11) is 3.07. The van der Waals surface area contributed by atoms with E-state index in [1.54, 1.807) is 23.8 Å². The largest absolute Gasteiger partial charge is 0.497 e. The van der Waals surface area contributed by atoms with E-state index in [0.29, 0.717) is 13.1 Å². The molecule has 21 heavy (non-hydrogen) atoms. The first-order chi connectivity index (χ1) is 10.1. The molecular formula is C15H20N2O4. The zero-order valence-corrected chi connectivity index (χ0v) is 12.5. The molecule has 1 aliphatic heterocycles. The van der Waals surface area contributed by atoms with Crippen molar-refractivity contribution in [1.29, 1.82) is 0 Å². The summed E-state index contributed by atoms with van der Waals surface area (Å²) < 4.78 is 9.96. The van der Waals surface area contributed by atoms with E-state index in [1.165, 1.54) is 7.11 Å². The number of piperazine rings is 1. The number of amides is 2. The molecule has 114 valence electrons. The number of carbonyl (C=O) groups excluding carboxylic acids is 2. The molecule has 0 N–H and O–H groups in total. The second-order valence-corrected chi connectivity index (χ2v) is 4.88. The molecule has 1 aliphatic rings. The zero-order chi connectivity index (χ0) is 15.4. The Labute approximate surface area is 124 Å². The van der Waals surface area contributed by atoms with Crippen LogP contribution >= 0.6 is 0 Å². The van der Waals surface area contributed by atoms with Crippen molar-refractivity contribution in [3.05, 3.63) is 24.3 Å². The van der Waals surface area contributed by atoms with Crippen LogP contribution in [-0.2, 0) is 14.3 Å². The predicted molar refractivity (Wildman–Crippen MR) is 78.4 cm³/mol. The number of benzene rings is 1. The van der Waals surface area contributed by atoms with Crippen LogP contribution < -0.4 is 9.64 Å². The van der Waals surface area contributed by atoms with E-state index < -0.39 is 6.04 Å². The number of hydrogen-bond donors (Lipinski definition) is 0. The lowest BCUT2D eigenvalue weighted by atomic mass is 10.1. The predicted octanol–water partition coefficient (Wildman–Crippen LogP) is 0.905. The van der Waals surface area contributed by atoms with Gasteiger partial charge in [-0.05, 0) is 31.2 Å². The van der Waals surface area contributed by atoms with Gasteiger partial charge in [0.15, 0.2) is 0 Å². The molecule has 0 bridgehead atoms. The van der Waals surface area contributed by atoms with Crippen molar-refractivity contribution in [3.63, 3.8) is 0 Å². The number of ether oxygens (including phenoxy) is 2. The number of rotatable bonds is 4. The summed E-state index contributed by atoms with van der Waals surface area (Å²) in [6.07, 6.45) is 0. The normalized spacial score (nSPS) is 18.8. The number of anilines is 1. The Hall–Kier alpha value is -2.08. The fourth-order valence-electron chi connectivity index (χ4n) is 2.44. The number of hydrogen-bond acceptors (Lipinski definition) is 4. The van der Waals surface area contributed by atoms with Gasteiger partial charge in [0.1, 0.15) is 18.4 Å². The summed E-state index contributed by atoms with van der Waals surface area (Å²) in [5.41, 5.74) is 0.812. The molecule has 1 heterocycles. The van der Waals surface area contributed by atoms with Crippen LogP contribution in [0.3, 0.4) is 0 Å². The highest BCUT2D eigenvalue weighted by atomic mass is 16.5. The molecule has 1 fully saturated rings. The zero-order valence-electron chi connectivity index (χ0n) is 12.5. The third-order valence-corrected chi connectivity index (χ3v) is 3.63. The van der Waals surface area contributed by atoms with Gasteiger partial charge in [0.05, 0.1) is 7.11 Å². The maximum Gasteiger partial charge on any atom is 0.249 e. The van der Waals surface area contributed by atoms with Crippen molar-refractivity contribution in [2.75, 3.05) is 38.8 Å². The van der Waals surface area contributed by atoms with Crippen molar-refractivity contribution >= 4 is 17.5 Å². The van der Waals surface area contributed by atoms with Crippen LogP contribution in [0.5, 0.6) is 5.75 Å². The lowest BCUT2D eigenvalue weighted by Gasteiger charge is -2.39. The second-order valence-electron chi connectivity index (χ2n) is 4.88. The molecule has 1 aromatic rings. The fourth-order valence-corrected chi connectivity index (χ4v) is 2.44. The summed E-state index contributed by atoms with van der Waals surface area (Å²) >= 11 is 0. The molecule has 1 unspecified atom stereocenters. The minimum Gasteiger partial charge on any atom is -0.497 e. The molecule has 0 aliphatic carbocycles. The average molecular weight is 292 g/mol. The van der Waals surface area contributed by atoms with Crippen molar-refractivity contribution in [1.82, 2.24) is 4.90 Å². The maximum atomic E-state index is 12.5. The third-order valence-electron chi connectivity index (χ3n) is 3.63. The van der Waals surface area contributed by atoms with Gasteiger partial charge in [-0.3, -0.25) is 9.59 Å². The van der Waals surface area contributed by atoms with Crippen LogP contribution in [0.2, 0.25) is 0 Å². The van der Waals surface area contributed by atoms with Gasteiger partial charge in [0.2, 0.25) is 11.8 Å². The average Bonchev–Trinajstić information content (AvgIpc) is 2.50. The monoisotopic (exact) mass is 292 g/mol. The van der Waals surface area contributed by atoms with Crippen LogP contribution in [-0.4, -0.2) is 56.7 Å². The van der Waals surface area contributed by atoms with Crippen molar-refractivity contribution in [2.24, 2.45) is 0 Å². The number of carbonyl (C=O) groups is 2. The summed E-state index contributed by atoms with van der Waals surface area (Å²) in [6, 6.07) is 6.83. The highest BCUT2D eigenvalue weighted by molar-refractivity contribution is 6.00. The van der Waals surface area contributed by atoms with Crippen molar-refractivity contribution in [2.45, 2.75) is 13.0 Å². The Morgan fingerprint density at radius 3 is 2.48 bits per heavy atom. The van der Waals surface area contributed by atoms with E-state index in [9.17, 15) is 9.59 Å². The van der Waals surface area contributed by atoms with Gasteiger partial charge in [-0.1, -0.05) is 0 Å². The van der Waals surface area contributed by atoms with Crippen molar-refractivity contribution < 1.29 is 19.1 Å². The van der Waals surface area contributed by atoms with Crippen molar-refractivity contribution in [3.8, 4) is 5.75 Å². The number of methoxy groups -OCH3 is 2. The van der Waals surface area contributed by atoms with Gasteiger partial charge in [-0.2, -0.15) is 0 Å². The van der Waals surface area contributed by atoms with Crippen LogP contribution in [0.1, 0.15) is 6.92 Å². The summed E-state index contributed by atoms with van der Waals surface area (Å²) in [6.45, 7) is 2.72. The molecule has 1 atom stereocenters. The van der Waals surface area contributed by atoms with E-state index in [4.69, 9.17) is 9.47 Å². The van der Waals surface area contributed by atoms with E-state index in [2.05, 4.69) is 0 Å². The smallest absolute Gasteiger partial charge is 0.249 e. The topological polar surface area (TPSA) is 59.1 Å². The van der Waals surface area contributed by atoms with E-state index in [0.717, 1.165) is 11.4 Å². The Bertz CT molecular complexity index is 515. The van der Waals surface area contributed by atoms with Gasteiger partial charge in [0, 0.05) is 25.9 Å². The van der Waals surface area contributed by atoms with Gasteiger partial charge in [-0.25, -0.2) is 0 Å². The molecular weight excluding hydrogens is 272 g/mol. The van der Waals surface area contributed by atoms with Gasteiger partial charge in [0.25, 0.3) is 0 Å². The summed E-state index contributed by atoms with van der Waals surface area (Å²) in [5.74, 6) is 0.497. The first kappa shape index (κ1) is 15.3. The Balaban J connectivity index is 2.11. The molecule has 0 saturated carbocycles. The fraction of sp³-hybridized carbons (Fsp3) is 0.467. The van der Waals surface area contributed by atoms with E-state index in [-0.39, 0.29) is 18.4 Å². The second kappa shape index (κ2) is 6.58. The Morgan fingerprint density at radius 2 is 1.90 bits per heavy atom. The lowest BCUT2D eigenvalue weighted by Crippen LogP contribution is -2.58. The van der Waals surface area contributed by atoms with Gasteiger partial charge in [-0.15, -0.1) is 0 Å². The molecule has 0 aromatic heterocycles. The Morgan fingerprint density at radius 1 is 1.24 bits per heavy atom. The first-order valence-corrected chi connectivity index (χ1v) is 6.82. The van der Waals surface area contributed by atoms with Crippen LogP contribution in [0, 0.1) is 0 Å². The minimum atomic E-state index is -0.483. The molecule has 2 amide bonds. The standard InChI is InChI=1S/C15H20N2O4/c1-11-15(19)17(9-8-16(11)14(18)10-20-2)12-4-6-13(21-3)7-5-12/h4-7,11H,8-10H2,1-3H3. The minimum absolute atomic E-state index is 0.000155. The summed E-state index contributed by atoms with van der Waals surface area (Å²) in [5, 5.41) is 0. The van der Waals surface area contributed by atoms with Crippen LogP contribution in [0.4, 0.5) is 5.69 Å². The molecule has 0 radical (unpaired) electrons.